The average molecular weight is 384 g/mol. The molecular weight excluding hydrogens is 365 g/mol. The highest BCUT2D eigenvalue weighted by Gasteiger charge is 2.59. The molecule has 0 aromatic carbocycles. The van der Waals surface area contributed by atoms with Crippen LogP contribution in [0.2, 0.25) is 0 Å². The molecule has 1 aromatic heterocycles. The molecule has 0 unspecified atom stereocenters. The lowest BCUT2D eigenvalue weighted by atomic mass is 9.90. The van der Waals surface area contributed by atoms with Crippen LogP contribution in [0.4, 0.5) is 18.0 Å². The maximum atomic E-state index is 12.9. The zero-order valence-corrected chi connectivity index (χ0v) is 14.5. The second kappa shape index (κ2) is 6.07. The number of fused-ring (bicyclic) bond motifs is 1. The van der Waals surface area contributed by atoms with Crippen LogP contribution in [-0.2, 0) is 23.9 Å². The maximum absolute atomic E-state index is 12.9. The molecule has 2 aliphatic heterocycles. The molecule has 0 radical (unpaired) electrons. The molecule has 4 rings (SSSR count). The quantitative estimate of drug-likeness (QED) is 0.802. The Morgan fingerprint density at radius 2 is 1.89 bits per heavy atom. The SMILES string of the molecule is O=C(O)N1CCC2(CC1)C[C@@H]2C(=O)N1CCc2cnc(C(F)(F)F)nc2C1. The van der Waals surface area contributed by atoms with Gasteiger partial charge in [0.15, 0.2) is 0 Å². The molecule has 1 atom stereocenters. The van der Waals surface area contributed by atoms with E-state index in [0.717, 1.165) is 6.42 Å². The van der Waals surface area contributed by atoms with Gasteiger partial charge in [-0.25, -0.2) is 14.8 Å². The summed E-state index contributed by atoms with van der Waals surface area (Å²) in [7, 11) is 0. The third-order valence-electron chi connectivity index (χ3n) is 6.03. The summed E-state index contributed by atoms with van der Waals surface area (Å²) >= 11 is 0. The van der Waals surface area contributed by atoms with E-state index in [1.165, 1.54) is 11.1 Å². The Labute approximate surface area is 153 Å². The smallest absolute Gasteiger partial charge is 0.451 e. The molecule has 146 valence electrons. The van der Waals surface area contributed by atoms with Crippen molar-refractivity contribution in [2.24, 2.45) is 11.3 Å². The fraction of sp³-hybridized carbons (Fsp3) is 0.647. The number of piperidine rings is 1. The van der Waals surface area contributed by atoms with Gasteiger partial charge in [-0.1, -0.05) is 0 Å². The van der Waals surface area contributed by atoms with Crippen molar-refractivity contribution in [3.63, 3.8) is 0 Å². The van der Waals surface area contributed by atoms with Crippen molar-refractivity contribution in [1.82, 2.24) is 19.8 Å². The number of hydrogen-bond donors (Lipinski definition) is 1. The standard InChI is InChI=1S/C17H19F3N4O3/c18-17(19,20)14-21-8-10-1-4-24(9-12(10)22-14)13(25)11-7-16(11)2-5-23(6-3-16)15(26)27/h8,11H,1-7,9H2,(H,26,27)/t11-/m1/s1. The van der Waals surface area contributed by atoms with Gasteiger partial charge in [0.2, 0.25) is 11.7 Å². The maximum Gasteiger partial charge on any atom is 0.451 e. The first-order valence-corrected chi connectivity index (χ1v) is 8.88. The van der Waals surface area contributed by atoms with Gasteiger partial charge in [0.1, 0.15) is 0 Å². The molecule has 1 aromatic rings. The topological polar surface area (TPSA) is 86.6 Å². The van der Waals surface area contributed by atoms with E-state index in [9.17, 15) is 22.8 Å². The zero-order chi connectivity index (χ0) is 19.4. The highest BCUT2D eigenvalue weighted by Crippen LogP contribution is 2.60. The minimum atomic E-state index is -4.61. The molecule has 27 heavy (non-hydrogen) atoms. The predicted octanol–water partition coefficient (Wildman–Crippen LogP) is 2.16. The first-order valence-electron chi connectivity index (χ1n) is 8.88. The number of hydrogen-bond acceptors (Lipinski definition) is 4. The van der Waals surface area contributed by atoms with Crippen LogP contribution in [0, 0.1) is 11.3 Å². The fourth-order valence-corrected chi connectivity index (χ4v) is 4.24. The Morgan fingerprint density at radius 3 is 2.52 bits per heavy atom. The van der Waals surface area contributed by atoms with Gasteiger partial charge in [-0.3, -0.25) is 4.79 Å². The summed E-state index contributed by atoms with van der Waals surface area (Å²) in [5.41, 5.74) is 0.756. The molecule has 0 bridgehead atoms. The number of likely N-dealkylation sites (tertiary alicyclic amines) is 1. The highest BCUT2D eigenvalue weighted by molar-refractivity contribution is 5.83. The van der Waals surface area contributed by atoms with E-state index < -0.39 is 18.1 Å². The van der Waals surface area contributed by atoms with E-state index in [2.05, 4.69) is 9.97 Å². The molecule has 1 spiro atoms. The van der Waals surface area contributed by atoms with Crippen LogP contribution in [0.25, 0.3) is 0 Å². The van der Waals surface area contributed by atoms with E-state index in [4.69, 9.17) is 5.11 Å². The normalized spacial score (nSPS) is 23.9. The molecule has 1 saturated carbocycles. The summed E-state index contributed by atoms with van der Waals surface area (Å²) in [6, 6.07) is 0. The van der Waals surface area contributed by atoms with E-state index in [-0.39, 0.29) is 29.5 Å². The van der Waals surface area contributed by atoms with Crippen molar-refractivity contribution in [3.05, 3.63) is 23.3 Å². The number of nitrogens with zero attached hydrogens (tertiary/aromatic N) is 4. The third-order valence-corrected chi connectivity index (χ3v) is 6.03. The van der Waals surface area contributed by atoms with Crippen molar-refractivity contribution in [3.8, 4) is 0 Å². The van der Waals surface area contributed by atoms with Gasteiger partial charge in [-0.15, -0.1) is 0 Å². The second-order valence-electron chi connectivity index (χ2n) is 7.56. The Kier molecular flexibility index (Phi) is 4.04. The van der Waals surface area contributed by atoms with Gasteiger partial charge in [0.25, 0.3) is 0 Å². The molecule has 1 aliphatic carbocycles. The summed E-state index contributed by atoms with van der Waals surface area (Å²) in [6.45, 7) is 1.34. The monoisotopic (exact) mass is 384 g/mol. The average Bonchev–Trinajstić information content (AvgIpc) is 3.33. The number of carboxylic acid groups (broad SMARTS) is 1. The van der Waals surface area contributed by atoms with Gasteiger partial charge in [-0.2, -0.15) is 13.2 Å². The highest BCUT2D eigenvalue weighted by atomic mass is 19.4. The number of alkyl halides is 3. The van der Waals surface area contributed by atoms with Crippen molar-refractivity contribution in [2.75, 3.05) is 19.6 Å². The van der Waals surface area contributed by atoms with Crippen LogP contribution in [-0.4, -0.2) is 56.5 Å². The van der Waals surface area contributed by atoms with Crippen molar-refractivity contribution in [1.29, 1.82) is 0 Å². The first-order chi connectivity index (χ1) is 12.7. The lowest BCUT2D eigenvalue weighted by Crippen LogP contribution is -2.42. The molecule has 1 saturated heterocycles. The van der Waals surface area contributed by atoms with Crippen LogP contribution in [0.1, 0.15) is 36.3 Å². The molecule has 3 aliphatic rings. The van der Waals surface area contributed by atoms with Crippen molar-refractivity contribution >= 4 is 12.0 Å². The minimum Gasteiger partial charge on any atom is -0.465 e. The fourth-order valence-electron chi connectivity index (χ4n) is 4.24. The number of aromatic nitrogens is 2. The Hall–Kier alpha value is -2.39. The van der Waals surface area contributed by atoms with Gasteiger partial charge in [0, 0.05) is 31.7 Å². The van der Waals surface area contributed by atoms with Gasteiger partial charge >= 0.3 is 12.3 Å². The second-order valence-corrected chi connectivity index (χ2v) is 7.56. The summed E-state index contributed by atoms with van der Waals surface area (Å²) < 4.78 is 38.5. The number of rotatable bonds is 1. The van der Waals surface area contributed by atoms with E-state index in [1.807, 2.05) is 0 Å². The van der Waals surface area contributed by atoms with E-state index in [0.29, 0.717) is 44.5 Å². The van der Waals surface area contributed by atoms with Crippen LogP contribution in [0.15, 0.2) is 6.20 Å². The molecule has 3 heterocycles. The van der Waals surface area contributed by atoms with E-state index in [1.54, 1.807) is 4.90 Å². The molecule has 7 nitrogen and oxygen atoms in total. The molecule has 2 amide bonds. The van der Waals surface area contributed by atoms with Gasteiger partial charge < -0.3 is 14.9 Å². The van der Waals surface area contributed by atoms with Crippen molar-refractivity contribution in [2.45, 2.75) is 38.4 Å². The lowest BCUT2D eigenvalue weighted by Gasteiger charge is -2.32. The van der Waals surface area contributed by atoms with Gasteiger partial charge in [0.05, 0.1) is 12.2 Å². The number of carbonyl (C=O) groups is 2. The Morgan fingerprint density at radius 1 is 1.19 bits per heavy atom. The molecule has 2 fully saturated rings. The molecule has 1 N–H and O–H groups in total. The van der Waals surface area contributed by atoms with Crippen LogP contribution in [0.5, 0.6) is 0 Å². The number of amides is 2. The molecular formula is C17H19F3N4O3. The Bertz CT molecular complexity index is 790. The number of halogens is 3. The third kappa shape index (κ3) is 3.21. The first kappa shape index (κ1) is 18.0. The van der Waals surface area contributed by atoms with Crippen LogP contribution < -0.4 is 0 Å². The van der Waals surface area contributed by atoms with E-state index >= 15 is 0 Å². The van der Waals surface area contributed by atoms with Crippen molar-refractivity contribution < 1.29 is 27.9 Å². The summed E-state index contributed by atoms with van der Waals surface area (Å²) in [4.78, 5) is 33.8. The Balaban J connectivity index is 1.43. The van der Waals surface area contributed by atoms with Gasteiger partial charge in [-0.05, 0) is 36.7 Å². The molecule has 10 heteroatoms. The predicted molar refractivity (Wildman–Crippen MR) is 85.5 cm³/mol. The number of carbonyl (C=O) groups excluding carboxylic acids is 1. The minimum absolute atomic E-state index is 0.0587. The van der Waals surface area contributed by atoms with Crippen LogP contribution >= 0.6 is 0 Å². The van der Waals surface area contributed by atoms with Crippen LogP contribution in [0.3, 0.4) is 0 Å². The zero-order valence-electron chi connectivity index (χ0n) is 14.5. The largest absolute Gasteiger partial charge is 0.465 e. The lowest BCUT2D eigenvalue weighted by molar-refractivity contribution is -0.145. The summed E-state index contributed by atoms with van der Waals surface area (Å²) in [6.07, 6.45) is -1.89. The summed E-state index contributed by atoms with van der Waals surface area (Å²) in [5.74, 6) is -1.41. The summed E-state index contributed by atoms with van der Waals surface area (Å²) in [5, 5.41) is 9.04.